The van der Waals surface area contributed by atoms with Gasteiger partial charge in [0, 0.05) is 19.2 Å². The van der Waals surface area contributed by atoms with Gasteiger partial charge in [0.05, 0.1) is 25.5 Å². The maximum Gasteiger partial charge on any atom is 0.256 e. The van der Waals surface area contributed by atoms with Crippen LogP contribution in [0.5, 0.6) is 11.5 Å². The Morgan fingerprint density at radius 1 is 1.20 bits per heavy atom. The zero-order valence-corrected chi connectivity index (χ0v) is 13.1. The number of carbonyl (C=O) groups excluding carboxylic acids is 1. The highest BCUT2D eigenvalue weighted by Gasteiger charge is 2.23. The molecule has 1 unspecified atom stereocenters. The fourth-order valence-corrected chi connectivity index (χ4v) is 1.89. The highest BCUT2D eigenvalue weighted by molar-refractivity contribution is 6.01. The minimum absolute atomic E-state index is 0.110. The summed E-state index contributed by atoms with van der Waals surface area (Å²) in [6, 6.07) is 3.42. The van der Waals surface area contributed by atoms with E-state index in [-0.39, 0.29) is 11.9 Å². The van der Waals surface area contributed by atoms with Crippen molar-refractivity contribution < 1.29 is 14.3 Å². The average Bonchev–Trinajstić information content (AvgIpc) is 2.45. The van der Waals surface area contributed by atoms with Gasteiger partial charge in [0.1, 0.15) is 11.5 Å². The van der Waals surface area contributed by atoms with E-state index in [0.717, 1.165) is 0 Å². The van der Waals surface area contributed by atoms with Gasteiger partial charge in [-0.3, -0.25) is 4.79 Å². The second kappa shape index (κ2) is 6.50. The third kappa shape index (κ3) is 3.15. The van der Waals surface area contributed by atoms with Gasteiger partial charge in [-0.2, -0.15) is 0 Å². The molecule has 1 atom stereocenters. The molecule has 0 spiro atoms. The van der Waals surface area contributed by atoms with Crippen LogP contribution in [0.3, 0.4) is 0 Å². The van der Waals surface area contributed by atoms with Crippen LogP contribution < -0.4 is 15.2 Å². The third-order valence-electron chi connectivity index (χ3n) is 3.70. The molecule has 1 amide bonds. The standard InChI is InChI=1S/C15H24N2O3/c1-9(2)10(3)17(4)15(18)12-7-11(19-5)8-13(20-6)14(12)16/h7-10H,16H2,1-6H3. The highest BCUT2D eigenvalue weighted by atomic mass is 16.5. The van der Waals surface area contributed by atoms with Crippen LogP contribution in [0.25, 0.3) is 0 Å². The number of nitrogens with zero attached hydrogens (tertiary/aromatic N) is 1. The number of nitrogens with two attached hydrogens (primary N) is 1. The second-order valence-electron chi connectivity index (χ2n) is 5.19. The van der Waals surface area contributed by atoms with E-state index in [9.17, 15) is 4.79 Å². The Kier molecular flexibility index (Phi) is 5.25. The molecule has 0 saturated heterocycles. The fraction of sp³-hybridized carbons (Fsp3) is 0.533. The first-order chi connectivity index (χ1) is 9.33. The van der Waals surface area contributed by atoms with Crippen LogP contribution in [0.15, 0.2) is 12.1 Å². The summed E-state index contributed by atoms with van der Waals surface area (Å²) in [6.45, 7) is 6.16. The summed E-state index contributed by atoms with van der Waals surface area (Å²) in [7, 11) is 4.83. The lowest BCUT2D eigenvalue weighted by molar-refractivity contribution is 0.0707. The van der Waals surface area contributed by atoms with Gasteiger partial charge in [0.15, 0.2) is 0 Å². The molecule has 0 aromatic heterocycles. The molecule has 0 aliphatic heterocycles. The molecular weight excluding hydrogens is 256 g/mol. The SMILES string of the molecule is COc1cc(OC)c(N)c(C(=O)N(C)C(C)C(C)C)c1. The second-order valence-corrected chi connectivity index (χ2v) is 5.19. The molecule has 1 aromatic rings. The Morgan fingerprint density at radius 2 is 1.80 bits per heavy atom. The summed E-state index contributed by atoms with van der Waals surface area (Å²) < 4.78 is 10.4. The van der Waals surface area contributed by atoms with Crippen molar-refractivity contribution in [1.29, 1.82) is 0 Å². The largest absolute Gasteiger partial charge is 0.497 e. The molecule has 0 aliphatic rings. The Balaban J connectivity index is 3.21. The first kappa shape index (κ1) is 16.1. The van der Waals surface area contributed by atoms with Crippen molar-refractivity contribution in [3.63, 3.8) is 0 Å². The van der Waals surface area contributed by atoms with Gasteiger partial charge in [-0.05, 0) is 18.9 Å². The van der Waals surface area contributed by atoms with Crippen LogP contribution >= 0.6 is 0 Å². The zero-order chi connectivity index (χ0) is 15.4. The van der Waals surface area contributed by atoms with Gasteiger partial charge in [-0.1, -0.05) is 13.8 Å². The van der Waals surface area contributed by atoms with Gasteiger partial charge < -0.3 is 20.1 Å². The quantitative estimate of drug-likeness (QED) is 0.841. The van der Waals surface area contributed by atoms with Crippen LogP contribution in [0.4, 0.5) is 5.69 Å². The molecule has 5 heteroatoms. The number of anilines is 1. The average molecular weight is 280 g/mol. The van der Waals surface area contributed by atoms with Crippen LogP contribution in [0.2, 0.25) is 0 Å². The molecule has 0 fully saturated rings. The Morgan fingerprint density at radius 3 is 2.25 bits per heavy atom. The van der Waals surface area contributed by atoms with Crippen molar-refractivity contribution in [2.45, 2.75) is 26.8 Å². The highest BCUT2D eigenvalue weighted by Crippen LogP contribution is 2.32. The molecule has 0 heterocycles. The number of hydrogen-bond acceptors (Lipinski definition) is 4. The lowest BCUT2D eigenvalue weighted by Crippen LogP contribution is -2.38. The smallest absolute Gasteiger partial charge is 0.256 e. The van der Waals surface area contributed by atoms with E-state index in [2.05, 4.69) is 13.8 Å². The monoisotopic (exact) mass is 280 g/mol. The molecule has 0 radical (unpaired) electrons. The minimum Gasteiger partial charge on any atom is -0.497 e. The molecule has 0 bridgehead atoms. The molecule has 112 valence electrons. The van der Waals surface area contributed by atoms with Crippen LogP contribution in [-0.2, 0) is 0 Å². The maximum absolute atomic E-state index is 12.6. The lowest BCUT2D eigenvalue weighted by atomic mass is 10.0. The summed E-state index contributed by atoms with van der Waals surface area (Å²) in [5.41, 5.74) is 6.74. The molecular formula is C15H24N2O3. The molecule has 1 aromatic carbocycles. The number of amides is 1. The zero-order valence-electron chi connectivity index (χ0n) is 13.1. The van der Waals surface area contributed by atoms with Gasteiger partial charge in [0.25, 0.3) is 5.91 Å². The van der Waals surface area contributed by atoms with Crippen molar-refractivity contribution in [1.82, 2.24) is 4.90 Å². The Hall–Kier alpha value is -1.91. The van der Waals surface area contributed by atoms with Crippen LogP contribution in [-0.4, -0.2) is 38.1 Å². The predicted molar refractivity (Wildman–Crippen MR) is 80.4 cm³/mol. The molecule has 0 saturated carbocycles. The van der Waals surface area contributed by atoms with Crippen LogP contribution in [0.1, 0.15) is 31.1 Å². The number of hydrogen-bond donors (Lipinski definition) is 1. The minimum atomic E-state index is -0.138. The Labute approximate surface area is 120 Å². The third-order valence-corrected chi connectivity index (χ3v) is 3.70. The fourth-order valence-electron chi connectivity index (χ4n) is 1.89. The van der Waals surface area contributed by atoms with E-state index in [1.807, 2.05) is 6.92 Å². The lowest BCUT2D eigenvalue weighted by Gasteiger charge is -2.28. The molecule has 5 nitrogen and oxygen atoms in total. The summed E-state index contributed by atoms with van der Waals surface area (Å²) in [6.07, 6.45) is 0. The molecule has 0 aliphatic carbocycles. The van der Waals surface area contributed by atoms with Gasteiger partial charge in [-0.15, -0.1) is 0 Å². The van der Waals surface area contributed by atoms with E-state index in [1.54, 1.807) is 31.2 Å². The first-order valence-electron chi connectivity index (χ1n) is 6.62. The molecule has 2 N–H and O–H groups in total. The van der Waals surface area contributed by atoms with E-state index < -0.39 is 0 Å². The van der Waals surface area contributed by atoms with Gasteiger partial charge in [0.2, 0.25) is 0 Å². The number of benzene rings is 1. The van der Waals surface area contributed by atoms with Crippen molar-refractivity contribution in [2.24, 2.45) is 5.92 Å². The summed E-state index contributed by atoms with van der Waals surface area (Å²) in [5.74, 6) is 1.21. The molecule has 1 rings (SSSR count). The van der Waals surface area contributed by atoms with E-state index in [1.165, 1.54) is 7.11 Å². The number of methoxy groups -OCH3 is 2. The number of nitrogen functional groups attached to an aromatic ring is 1. The normalized spacial score (nSPS) is 12.2. The van der Waals surface area contributed by atoms with Crippen LogP contribution in [0, 0.1) is 5.92 Å². The van der Waals surface area contributed by atoms with E-state index in [0.29, 0.717) is 28.7 Å². The predicted octanol–water partition coefficient (Wildman–Crippen LogP) is 2.40. The van der Waals surface area contributed by atoms with Crippen molar-refractivity contribution in [3.8, 4) is 11.5 Å². The van der Waals surface area contributed by atoms with E-state index in [4.69, 9.17) is 15.2 Å². The summed E-state index contributed by atoms with van der Waals surface area (Å²) >= 11 is 0. The van der Waals surface area contributed by atoms with Crippen molar-refractivity contribution in [3.05, 3.63) is 17.7 Å². The van der Waals surface area contributed by atoms with Crippen molar-refractivity contribution in [2.75, 3.05) is 27.0 Å². The molecule has 20 heavy (non-hydrogen) atoms. The summed E-state index contributed by atoms with van der Waals surface area (Å²) in [4.78, 5) is 14.3. The van der Waals surface area contributed by atoms with Crippen molar-refractivity contribution >= 4 is 11.6 Å². The van der Waals surface area contributed by atoms with E-state index >= 15 is 0 Å². The topological polar surface area (TPSA) is 64.8 Å². The first-order valence-corrected chi connectivity index (χ1v) is 6.62. The number of rotatable bonds is 5. The Bertz CT molecular complexity index is 486. The number of ether oxygens (including phenoxy) is 2. The van der Waals surface area contributed by atoms with Gasteiger partial charge >= 0.3 is 0 Å². The van der Waals surface area contributed by atoms with Gasteiger partial charge in [-0.25, -0.2) is 0 Å². The maximum atomic E-state index is 12.6. The summed E-state index contributed by atoms with van der Waals surface area (Å²) in [5, 5.41) is 0. The number of carbonyl (C=O) groups is 1.